The van der Waals surface area contributed by atoms with Crippen molar-refractivity contribution in [2.75, 3.05) is 32.1 Å². The van der Waals surface area contributed by atoms with Crippen molar-refractivity contribution >= 4 is 32.6 Å². The predicted molar refractivity (Wildman–Crippen MR) is 121 cm³/mol. The summed E-state index contributed by atoms with van der Waals surface area (Å²) in [6.45, 7) is 5.36. The van der Waals surface area contributed by atoms with Gasteiger partial charge in [0, 0.05) is 24.7 Å². The molecule has 0 saturated heterocycles. The second-order valence-corrected chi connectivity index (χ2v) is 8.61. The Hall–Kier alpha value is -3.03. The Bertz CT molecular complexity index is 1180. The number of hydrogen-bond acceptors (Lipinski definition) is 6. The second-order valence-electron chi connectivity index (χ2n) is 7.63. The molecule has 0 N–H and O–H groups in total. The summed E-state index contributed by atoms with van der Waals surface area (Å²) in [7, 11) is 3.97. The number of aromatic nitrogens is 2. The molecule has 0 radical (unpaired) electrons. The lowest BCUT2D eigenvalue weighted by molar-refractivity contribution is 0.0976. The molecule has 2 aromatic carbocycles. The molecule has 30 heavy (non-hydrogen) atoms. The van der Waals surface area contributed by atoms with E-state index in [1.54, 1.807) is 11.0 Å². The molecule has 4 rings (SSSR count). The van der Waals surface area contributed by atoms with Gasteiger partial charge in [-0.1, -0.05) is 52.9 Å². The maximum absolute atomic E-state index is 13.4. The summed E-state index contributed by atoms with van der Waals surface area (Å²) < 4.78 is 6.55. The van der Waals surface area contributed by atoms with Gasteiger partial charge in [-0.15, -0.1) is 0 Å². The maximum Gasteiger partial charge on any atom is 0.282 e. The van der Waals surface area contributed by atoms with Crippen molar-refractivity contribution in [2.45, 2.75) is 13.8 Å². The lowest BCUT2D eigenvalue weighted by Gasteiger charge is -2.20. The van der Waals surface area contributed by atoms with Crippen LogP contribution in [0.15, 0.2) is 53.1 Å². The van der Waals surface area contributed by atoms with Crippen molar-refractivity contribution < 1.29 is 9.32 Å². The number of anilines is 1. The van der Waals surface area contributed by atoms with Crippen LogP contribution in [-0.2, 0) is 0 Å². The standard InChI is InChI=1S/C23H24N4O2S/c1-15-12-16(2)21-18(13-15)24-23(30-21)27(11-10-26(3)4)22(28)19-14-20(29-25-19)17-8-6-5-7-9-17/h5-9,12-14H,10-11H2,1-4H3. The fraction of sp³-hybridized carbons (Fsp3) is 0.261. The van der Waals surface area contributed by atoms with Crippen LogP contribution in [0, 0.1) is 13.8 Å². The van der Waals surface area contributed by atoms with Gasteiger partial charge in [0.1, 0.15) is 0 Å². The van der Waals surface area contributed by atoms with Crippen LogP contribution in [0.3, 0.4) is 0 Å². The summed E-state index contributed by atoms with van der Waals surface area (Å²) in [4.78, 5) is 21.9. The number of fused-ring (bicyclic) bond motifs is 1. The van der Waals surface area contributed by atoms with Gasteiger partial charge in [-0.2, -0.15) is 0 Å². The molecule has 0 saturated carbocycles. The number of hydrogen-bond donors (Lipinski definition) is 0. The van der Waals surface area contributed by atoms with E-state index < -0.39 is 0 Å². The van der Waals surface area contributed by atoms with Crippen LogP contribution in [0.1, 0.15) is 21.6 Å². The van der Waals surface area contributed by atoms with Crippen LogP contribution in [0.4, 0.5) is 5.13 Å². The minimum absolute atomic E-state index is 0.212. The number of aryl methyl sites for hydroxylation is 2. The number of amides is 1. The second kappa shape index (κ2) is 8.38. The molecular weight excluding hydrogens is 396 g/mol. The normalized spacial score (nSPS) is 11.4. The van der Waals surface area contributed by atoms with E-state index in [0.29, 0.717) is 24.0 Å². The fourth-order valence-corrected chi connectivity index (χ4v) is 4.36. The Morgan fingerprint density at radius 3 is 2.57 bits per heavy atom. The molecule has 0 unspecified atom stereocenters. The monoisotopic (exact) mass is 420 g/mol. The number of carbonyl (C=O) groups is 1. The van der Waals surface area contributed by atoms with Crippen LogP contribution in [0.5, 0.6) is 0 Å². The van der Waals surface area contributed by atoms with Gasteiger partial charge < -0.3 is 9.42 Å². The van der Waals surface area contributed by atoms with Crippen LogP contribution < -0.4 is 4.90 Å². The maximum atomic E-state index is 13.4. The molecule has 2 aromatic heterocycles. The van der Waals surface area contributed by atoms with E-state index >= 15 is 0 Å². The Morgan fingerprint density at radius 1 is 1.07 bits per heavy atom. The molecule has 0 atom stereocenters. The van der Waals surface area contributed by atoms with Crippen LogP contribution >= 0.6 is 11.3 Å². The van der Waals surface area contributed by atoms with E-state index in [1.807, 2.05) is 49.3 Å². The zero-order valence-corrected chi connectivity index (χ0v) is 18.4. The molecule has 154 valence electrons. The van der Waals surface area contributed by atoms with Gasteiger partial charge in [-0.3, -0.25) is 9.69 Å². The molecule has 0 aliphatic heterocycles. The zero-order valence-electron chi connectivity index (χ0n) is 17.5. The van der Waals surface area contributed by atoms with Crippen molar-refractivity contribution in [2.24, 2.45) is 0 Å². The highest BCUT2D eigenvalue weighted by atomic mass is 32.1. The molecule has 2 heterocycles. The SMILES string of the molecule is Cc1cc(C)c2sc(N(CCN(C)C)C(=O)c3cc(-c4ccccc4)on3)nc2c1. The van der Waals surface area contributed by atoms with Gasteiger partial charge in [-0.05, 0) is 45.1 Å². The Morgan fingerprint density at radius 2 is 1.83 bits per heavy atom. The predicted octanol–water partition coefficient (Wildman–Crippen LogP) is 4.78. The molecule has 0 bridgehead atoms. The third-order valence-electron chi connectivity index (χ3n) is 4.84. The van der Waals surface area contributed by atoms with Crippen LogP contribution in [0.25, 0.3) is 21.5 Å². The average molecular weight is 421 g/mol. The Kier molecular flexibility index (Phi) is 5.65. The smallest absolute Gasteiger partial charge is 0.282 e. The fourth-order valence-electron chi connectivity index (χ4n) is 3.32. The minimum Gasteiger partial charge on any atom is -0.355 e. The van der Waals surface area contributed by atoms with Gasteiger partial charge in [0.05, 0.1) is 10.2 Å². The van der Waals surface area contributed by atoms with Gasteiger partial charge in [-0.25, -0.2) is 4.98 Å². The molecule has 0 spiro atoms. The molecule has 1 amide bonds. The van der Waals surface area contributed by atoms with Crippen molar-refractivity contribution in [3.63, 3.8) is 0 Å². The summed E-state index contributed by atoms with van der Waals surface area (Å²) in [5, 5.41) is 4.72. The number of thiazole rings is 1. The first kappa shape index (κ1) is 20.3. The summed E-state index contributed by atoms with van der Waals surface area (Å²) >= 11 is 1.54. The van der Waals surface area contributed by atoms with Crippen molar-refractivity contribution in [1.29, 1.82) is 0 Å². The molecular formula is C23H24N4O2S. The topological polar surface area (TPSA) is 62.5 Å². The van der Waals surface area contributed by atoms with Crippen LogP contribution in [-0.4, -0.2) is 48.1 Å². The van der Waals surface area contributed by atoms with E-state index in [-0.39, 0.29) is 11.6 Å². The first-order chi connectivity index (χ1) is 14.4. The molecule has 6 nitrogen and oxygen atoms in total. The van der Waals surface area contributed by atoms with Crippen LogP contribution in [0.2, 0.25) is 0 Å². The number of carbonyl (C=O) groups excluding carboxylic acids is 1. The highest BCUT2D eigenvalue weighted by Crippen LogP contribution is 2.33. The highest BCUT2D eigenvalue weighted by Gasteiger charge is 2.25. The summed E-state index contributed by atoms with van der Waals surface area (Å²) in [5.41, 5.74) is 4.41. The summed E-state index contributed by atoms with van der Waals surface area (Å²) in [6.07, 6.45) is 0. The lowest BCUT2D eigenvalue weighted by Crippen LogP contribution is -2.36. The summed E-state index contributed by atoms with van der Waals surface area (Å²) in [6, 6.07) is 15.5. The largest absolute Gasteiger partial charge is 0.355 e. The minimum atomic E-state index is -0.212. The van der Waals surface area contributed by atoms with Gasteiger partial charge in [0.25, 0.3) is 5.91 Å². The quantitative estimate of drug-likeness (QED) is 0.449. The number of likely N-dealkylation sites (N-methyl/N-ethyl adjacent to an activating group) is 1. The van der Waals surface area contributed by atoms with E-state index in [9.17, 15) is 4.79 Å². The van der Waals surface area contributed by atoms with Gasteiger partial charge in [0.2, 0.25) is 0 Å². The van der Waals surface area contributed by atoms with E-state index in [4.69, 9.17) is 9.51 Å². The average Bonchev–Trinajstić information content (AvgIpc) is 3.36. The first-order valence-corrected chi connectivity index (χ1v) is 10.6. The van der Waals surface area contributed by atoms with Crippen molar-refractivity contribution in [3.8, 4) is 11.3 Å². The molecule has 7 heteroatoms. The first-order valence-electron chi connectivity index (χ1n) is 9.79. The van der Waals surface area contributed by atoms with Crippen molar-refractivity contribution in [1.82, 2.24) is 15.0 Å². The summed E-state index contributed by atoms with van der Waals surface area (Å²) in [5.74, 6) is 0.360. The molecule has 0 aliphatic rings. The molecule has 0 fully saturated rings. The Balaban J connectivity index is 1.70. The van der Waals surface area contributed by atoms with Gasteiger partial charge in [0.15, 0.2) is 16.6 Å². The van der Waals surface area contributed by atoms with Gasteiger partial charge >= 0.3 is 0 Å². The van der Waals surface area contributed by atoms with E-state index in [1.165, 1.54) is 16.9 Å². The van der Waals surface area contributed by atoms with E-state index in [0.717, 1.165) is 21.3 Å². The van der Waals surface area contributed by atoms with Crippen molar-refractivity contribution in [3.05, 3.63) is 65.4 Å². The highest BCUT2D eigenvalue weighted by molar-refractivity contribution is 7.22. The van der Waals surface area contributed by atoms with E-state index in [2.05, 4.69) is 31.1 Å². The third-order valence-corrected chi connectivity index (χ3v) is 6.07. The zero-order chi connectivity index (χ0) is 21.3. The molecule has 0 aliphatic carbocycles. The Labute approximate surface area is 179 Å². The molecule has 4 aromatic rings. The lowest BCUT2D eigenvalue weighted by atomic mass is 10.1. The third kappa shape index (κ3) is 4.13. The number of nitrogens with zero attached hydrogens (tertiary/aromatic N) is 4. The number of benzene rings is 2. The number of rotatable bonds is 6.